The lowest BCUT2D eigenvalue weighted by molar-refractivity contribution is 0.260. The van der Waals surface area contributed by atoms with Gasteiger partial charge in [0.05, 0.1) is 5.69 Å². The van der Waals surface area contributed by atoms with Gasteiger partial charge in [-0.3, -0.25) is 0 Å². The lowest BCUT2D eigenvalue weighted by atomic mass is 9.76. The number of fused-ring (bicyclic) bond motifs is 1. The van der Waals surface area contributed by atoms with Crippen LogP contribution in [0.4, 0.5) is 0 Å². The molecule has 4 nitrogen and oxygen atoms in total. The SMILES string of the molecule is CCNC1CC(C)(C)Cc2nc(-c3ccncn3)sc21. The molecule has 3 rings (SSSR count). The van der Waals surface area contributed by atoms with E-state index < -0.39 is 0 Å². The Balaban J connectivity index is 2.00. The molecule has 20 heavy (non-hydrogen) atoms. The van der Waals surface area contributed by atoms with Gasteiger partial charge >= 0.3 is 0 Å². The summed E-state index contributed by atoms with van der Waals surface area (Å²) >= 11 is 1.77. The molecule has 0 fully saturated rings. The third-order valence-corrected chi connectivity index (χ3v) is 4.93. The van der Waals surface area contributed by atoms with Gasteiger partial charge in [0.2, 0.25) is 0 Å². The molecule has 1 aliphatic carbocycles. The summed E-state index contributed by atoms with van der Waals surface area (Å²) in [7, 11) is 0. The van der Waals surface area contributed by atoms with Crippen LogP contribution in [0.3, 0.4) is 0 Å². The van der Waals surface area contributed by atoms with E-state index in [0.717, 1.165) is 23.7 Å². The minimum Gasteiger partial charge on any atom is -0.309 e. The van der Waals surface area contributed by atoms with Gasteiger partial charge in [0, 0.05) is 17.1 Å². The second kappa shape index (κ2) is 5.22. The summed E-state index contributed by atoms with van der Waals surface area (Å²) in [5.74, 6) is 0. The Kier molecular flexibility index (Phi) is 3.56. The Morgan fingerprint density at radius 2 is 2.30 bits per heavy atom. The largest absolute Gasteiger partial charge is 0.309 e. The highest BCUT2D eigenvalue weighted by molar-refractivity contribution is 7.15. The van der Waals surface area contributed by atoms with Crippen LogP contribution >= 0.6 is 11.3 Å². The van der Waals surface area contributed by atoms with Crippen LogP contribution in [0, 0.1) is 5.41 Å². The van der Waals surface area contributed by atoms with E-state index in [0.29, 0.717) is 11.5 Å². The smallest absolute Gasteiger partial charge is 0.142 e. The van der Waals surface area contributed by atoms with Crippen molar-refractivity contribution in [2.75, 3.05) is 6.54 Å². The van der Waals surface area contributed by atoms with Gasteiger partial charge < -0.3 is 5.32 Å². The van der Waals surface area contributed by atoms with Gasteiger partial charge in [-0.1, -0.05) is 20.8 Å². The van der Waals surface area contributed by atoms with Gasteiger partial charge in [0.15, 0.2) is 0 Å². The average molecular weight is 288 g/mol. The molecular formula is C15H20N4S. The van der Waals surface area contributed by atoms with E-state index in [-0.39, 0.29) is 0 Å². The quantitative estimate of drug-likeness (QED) is 0.942. The fourth-order valence-electron chi connectivity index (χ4n) is 2.87. The van der Waals surface area contributed by atoms with E-state index >= 15 is 0 Å². The maximum atomic E-state index is 4.84. The van der Waals surface area contributed by atoms with E-state index in [1.807, 2.05) is 6.07 Å². The molecule has 0 aliphatic heterocycles. The van der Waals surface area contributed by atoms with E-state index in [4.69, 9.17) is 4.98 Å². The zero-order chi connectivity index (χ0) is 14.2. The average Bonchev–Trinajstić information content (AvgIpc) is 2.82. The van der Waals surface area contributed by atoms with Gasteiger partial charge in [-0.25, -0.2) is 15.0 Å². The monoisotopic (exact) mass is 288 g/mol. The molecule has 5 heteroatoms. The number of nitrogens with one attached hydrogen (secondary N) is 1. The number of nitrogens with zero attached hydrogens (tertiary/aromatic N) is 3. The van der Waals surface area contributed by atoms with Crippen molar-refractivity contribution in [3.05, 3.63) is 29.2 Å². The third-order valence-electron chi connectivity index (χ3n) is 3.70. The Labute approximate surface area is 123 Å². The Morgan fingerprint density at radius 1 is 1.45 bits per heavy atom. The van der Waals surface area contributed by atoms with Crippen LogP contribution in [0.5, 0.6) is 0 Å². The van der Waals surface area contributed by atoms with E-state index in [2.05, 4.69) is 36.1 Å². The predicted molar refractivity (Wildman–Crippen MR) is 81.7 cm³/mol. The van der Waals surface area contributed by atoms with Gasteiger partial charge in [0.1, 0.15) is 17.0 Å². The highest BCUT2D eigenvalue weighted by Crippen LogP contribution is 2.44. The number of thiazole rings is 1. The van der Waals surface area contributed by atoms with Gasteiger partial charge in [-0.2, -0.15) is 0 Å². The molecule has 106 valence electrons. The molecule has 0 bridgehead atoms. The van der Waals surface area contributed by atoms with Gasteiger partial charge in [-0.05, 0) is 30.9 Å². The van der Waals surface area contributed by atoms with Crippen molar-refractivity contribution in [3.8, 4) is 10.7 Å². The number of hydrogen-bond donors (Lipinski definition) is 1. The number of rotatable bonds is 3. The Hall–Kier alpha value is -1.33. The molecule has 0 saturated heterocycles. The van der Waals surface area contributed by atoms with E-state index in [1.165, 1.54) is 17.0 Å². The molecule has 1 unspecified atom stereocenters. The Morgan fingerprint density at radius 3 is 3.00 bits per heavy atom. The van der Waals surface area contributed by atoms with Crippen molar-refractivity contribution in [3.63, 3.8) is 0 Å². The predicted octanol–water partition coefficient (Wildman–Crippen LogP) is 3.22. The topological polar surface area (TPSA) is 50.7 Å². The van der Waals surface area contributed by atoms with Crippen molar-refractivity contribution in [1.29, 1.82) is 0 Å². The first-order valence-corrected chi connectivity index (χ1v) is 7.90. The number of aromatic nitrogens is 3. The number of hydrogen-bond acceptors (Lipinski definition) is 5. The molecule has 1 atom stereocenters. The van der Waals surface area contributed by atoms with E-state index in [9.17, 15) is 0 Å². The lowest BCUT2D eigenvalue weighted by Gasteiger charge is -2.34. The fraction of sp³-hybridized carbons (Fsp3) is 0.533. The molecule has 1 aliphatic rings. The zero-order valence-corrected chi connectivity index (χ0v) is 13.0. The molecule has 0 radical (unpaired) electrons. The third kappa shape index (κ3) is 2.60. The van der Waals surface area contributed by atoms with Crippen LogP contribution < -0.4 is 5.32 Å². The van der Waals surface area contributed by atoms with Crippen LogP contribution in [0.1, 0.15) is 43.8 Å². The van der Waals surface area contributed by atoms with Crippen LogP contribution in [-0.4, -0.2) is 21.5 Å². The second-order valence-corrected chi connectivity index (χ2v) is 7.11. The summed E-state index contributed by atoms with van der Waals surface area (Å²) in [6, 6.07) is 2.35. The van der Waals surface area contributed by atoms with Crippen molar-refractivity contribution in [1.82, 2.24) is 20.3 Å². The summed E-state index contributed by atoms with van der Waals surface area (Å²) in [6.07, 6.45) is 5.57. The normalized spacial score (nSPS) is 20.6. The summed E-state index contributed by atoms with van der Waals surface area (Å²) < 4.78 is 0. The standard InChI is InChI=1S/C15H20N4S/c1-4-17-11-7-15(2,3)8-12-13(11)20-14(19-12)10-5-6-16-9-18-10/h5-6,9,11,17H,4,7-8H2,1-3H3. The van der Waals surface area contributed by atoms with Crippen LogP contribution in [0.25, 0.3) is 10.7 Å². The van der Waals surface area contributed by atoms with Gasteiger partial charge in [0.25, 0.3) is 0 Å². The highest BCUT2D eigenvalue weighted by Gasteiger charge is 2.34. The molecule has 0 saturated carbocycles. The summed E-state index contributed by atoms with van der Waals surface area (Å²) in [6.45, 7) is 7.79. The fourth-order valence-corrected chi connectivity index (χ4v) is 4.01. The first-order valence-electron chi connectivity index (χ1n) is 7.08. The van der Waals surface area contributed by atoms with E-state index in [1.54, 1.807) is 23.9 Å². The lowest BCUT2D eigenvalue weighted by Crippen LogP contribution is -2.32. The van der Waals surface area contributed by atoms with Crippen molar-refractivity contribution < 1.29 is 0 Å². The van der Waals surface area contributed by atoms with Crippen LogP contribution in [0.2, 0.25) is 0 Å². The summed E-state index contributed by atoms with van der Waals surface area (Å²) in [5.41, 5.74) is 2.47. The summed E-state index contributed by atoms with van der Waals surface area (Å²) in [4.78, 5) is 14.5. The van der Waals surface area contributed by atoms with Crippen LogP contribution in [-0.2, 0) is 6.42 Å². The molecular weight excluding hydrogens is 268 g/mol. The van der Waals surface area contributed by atoms with Crippen LogP contribution in [0.15, 0.2) is 18.6 Å². The molecule has 2 aromatic heterocycles. The van der Waals surface area contributed by atoms with Crippen molar-refractivity contribution in [2.45, 2.75) is 39.7 Å². The zero-order valence-electron chi connectivity index (χ0n) is 12.2. The maximum absolute atomic E-state index is 4.84. The minimum absolute atomic E-state index is 0.302. The highest BCUT2D eigenvalue weighted by atomic mass is 32.1. The summed E-state index contributed by atoms with van der Waals surface area (Å²) in [5, 5.41) is 4.61. The molecule has 2 heterocycles. The Bertz CT molecular complexity index is 591. The molecule has 2 aromatic rings. The molecule has 0 amide bonds. The molecule has 0 spiro atoms. The maximum Gasteiger partial charge on any atom is 0.142 e. The molecule has 0 aromatic carbocycles. The van der Waals surface area contributed by atoms with Gasteiger partial charge in [-0.15, -0.1) is 11.3 Å². The first kappa shape index (κ1) is 13.6. The first-order chi connectivity index (χ1) is 9.59. The second-order valence-electron chi connectivity index (χ2n) is 6.08. The van der Waals surface area contributed by atoms with Crippen molar-refractivity contribution >= 4 is 11.3 Å². The molecule has 1 N–H and O–H groups in total. The minimum atomic E-state index is 0.302. The van der Waals surface area contributed by atoms with Crippen molar-refractivity contribution in [2.24, 2.45) is 5.41 Å².